The van der Waals surface area contributed by atoms with Crippen LogP contribution < -0.4 is 5.32 Å². The molecule has 6 heteroatoms. The summed E-state index contributed by atoms with van der Waals surface area (Å²) in [5.41, 5.74) is 2.44. The van der Waals surface area contributed by atoms with Crippen molar-refractivity contribution in [1.29, 1.82) is 0 Å². The number of nitrogens with zero attached hydrogens (tertiary/aromatic N) is 1. The average molecular weight is 346 g/mol. The van der Waals surface area contributed by atoms with Gasteiger partial charge in [0.2, 0.25) is 10.0 Å². The number of hydrogen-bond donors (Lipinski definition) is 1. The number of amides is 1. The lowest BCUT2D eigenvalue weighted by Gasteiger charge is -2.17. The van der Waals surface area contributed by atoms with Gasteiger partial charge in [0.15, 0.2) is 0 Å². The van der Waals surface area contributed by atoms with Crippen LogP contribution in [0.25, 0.3) is 0 Å². The van der Waals surface area contributed by atoms with E-state index in [4.69, 9.17) is 0 Å². The molecule has 0 saturated heterocycles. The lowest BCUT2D eigenvalue weighted by molar-refractivity contribution is 0.0939. The monoisotopic (exact) mass is 346 g/mol. The third-order valence-electron chi connectivity index (χ3n) is 3.88. The maximum atomic E-state index is 12.5. The Balaban J connectivity index is 2.24. The minimum absolute atomic E-state index is 0.101. The molecule has 0 radical (unpaired) electrons. The van der Waals surface area contributed by atoms with Crippen molar-refractivity contribution in [3.8, 4) is 0 Å². The largest absolute Gasteiger partial charge is 0.346 e. The Kier molecular flexibility index (Phi) is 5.41. The molecule has 1 unspecified atom stereocenters. The Morgan fingerprint density at radius 3 is 2.38 bits per heavy atom. The molecule has 128 valence electrons. The first kappa shape index (κ1) is 18.2. The summed E-state index contributed by atoms with van der Waals surface area (Å²) >= 11 is 0. The Morgan fingerprint density at radius 2 is 1.75 bits per heavy atom. The van der Waals surface area contributed by atoms with Gasteiger partial charge in [-0.3, -0.25) is 4.79 Å². The molecule has 1 amide bonds. The van der Waals surface area contributed by atoms with Gasteiger partial charge < -0.3 is 5.32 Å². The van der Waals surface area contributed by atoms with Crippen molar-refractivity contribution in [1.82, 2.24) is 9.62 Å². The van der Waals surface area contributed by atoms with Crippen molar-refractivity contribution < 1.29 is 13.2 Å². The van der Waals surface area contributed by atoms with E-state index in [0.29, 0.717) is 5.56 Å². The quantitative estimate of drug-likeness (QED) is 0.905. The highest BCUT2D eigenvalue weighted by atomic mass is 32.2. The summed E-state index contributed by atoms with van der Waals surface area (Å²) in [6.45, 7) is 3.89. The van der Waals surface area contributed by atoms with E-state index in [1.54, 1.807) is 12.1 Å². The molecular weight excluding hydrogens is 324 g/mol. The molecule has 0 spiro atoms. The average Bonchev–Trinajstić information content (AvgIpc) is 2.55. The minimum atomic E-state index is -3.57. The predicted molar refractivity (Wildman–Crippen MR) is 94.4 cm³/mol. The zero-order valence-corrected chi connectivity index (χ0v) is 15.1. The number of sulfonamides is 1. The summed E-state index contributed by atoms with van der Waals surface area (Å²) in [5, 5.41) is 2.91. The van der Waals surface area contributed by atoms with Gasteiger partial charge in [0.25, 0.3) is 5.91 Å². The summed E-state index contributed by atoms with van der Waals surface area (Å²) in [5.74, 6) is -0.304. The molecule has 0 fully saturated rings. The molecule has 0 aliphatic rings. The van der Waals surface area contributed by atoms with Crippen molar-refractivity contribution in [2.24, 2.45) is 0 Å². The van der Waals surface area contributed by atoms with Crippen LogP contribution in [0.5, 0.6) is 0 Å². The number of carbonyl (C=O) groups is 1. The predicted octanol–water partition coefficient (Wildman–Crippen LogP) is 2.74. The van der Waals surface area contributed by atoms with E-state index in [-0.39, 0.29) is 16.8 Å². The van der Waals surface area contributed by atoms with Crippen LogP contribution >= 0.6 is 0 Å². The highest BCUT2D eigenvalue weighted by molar-refractivity contribution is 7.89. The summed E-state index contributed by atoms with van der Waals surface area (Å²) in [7, 11) is -0.646. The molecular formula is C18H22N2O3S. The van der Waals surface area contributed by atoms with Crippen molar-refractivity contribution >= 4 is 15.9 Å². The molecule has 0 saturated carbocycles. The van der Waals surface area contributed by atoms with Crippen LogP contribution in [0.3, 0.4) is 0 Å². The van der Waals surface area contributed by atoms with Crippen molar-refractivity contribution in [2.75, 3.05) is 14.1 Å². The summed E-state index contributed by atoms with van der Waals surface area (Å²) in [4.78, 5) is 12.6. The topological polar surface area (TPSA) is 66.5 Å². The standard InChI is InChI=1S/C18H22N2O3S/c1-13-8-5-6-11-17(13)14(2)19-18(21)15-9-7-10-16(12-15)24(22,23)20(3)4/h5-12,14H,1-4H3,(H,19,21). The highest BCUT2D eigenvalue weighted by Gasteiger charge is 2.19. The Labute approximate surface area is 143 Å². The van der Waals surface area contributed by atoms with Crippen LogP contribution in [0, 0.1) is 6.92 Å². The highest BCUT2D eigenvalue weighted by Crippen LogP contribution is 2.19. The number of rotatable bonds is 5. The van der Waals surface area contributed by atoms with Crippen molar-refractivity contribution in [3.63, 3.8) is 0 Å². The first-order valence-corrected chi connectivity index (χ1v) is 9.06. The summed E-state index contributed by atoms with van der Waals surface area (Å²) in [6.07, 6.45) is 0. The first-order chi connectivity index (χ1) is 11.2. The molecule has 2 aromatic carbocycles. The molecule has 0 aliphatic carbocycles. The van der Waals surface area contributed by atoms with E-state index < -0.39 is 10.0 Å². The Morgan fingerprint density at radius 1 is 1.08 bits per heavy atom. The van der Waals surface area contributed by atoms with Crippen LogP contribution in [-0.4, -0.2) is 32.7 Å². The lowest BCUT2D eigenvalue weighted by Crippen LogP contribution is -2.28. The van der Waals surface area contributed by atoms with E-state index in [2.05, 4.69) is 5.32 Å². The normalized spacial score (nSPS) is 12.9. The van der Waals surface area contributed by atoms with Gasteiger partial charge in [-0.2, -0.15) is 0 Å². The number of aryl methyl sites for hydroxylation is 1. The minimum Gasteiger partial charge on any atom is -0.346 e. The van der Waals surface area contributed by atoms with Gasteiger partial charge in [0, 0.05) is 19.7 Å². The van der Waals surface area contributed by atoms with E-state index in [1.807, 2.05) is 38.1 Å². The molecule has 0 aliphatic heterocycles. The number of hydrogen-bond acceptors (Lipinski definition) is 3. The number of benzene rings is 2. The second-order valence-corrected chi connectivity index (χ2v) is 8.02. The Hall–Kier alpha value is -2.18. The summed E-state index contributed by atoms with van der Waals surface area (Å²) in [6, 6.07) is 13.7. The maximum absolute atomic E-state index is 12.5. The number of nitrogens with one attached hydrogen (secondary N) is 1. The Bertz CT molecular complexity index is 845. The van der Waals surface area contributed by atoms with Gasteiger partial charge in [0.1, 0.15) is 0 Å². The fourth-order valence-electron chi connectivity index (χ4n) is 2.44. The van der Waals surface area contributed by atoms with Gasteiger partial charge in [-0.25, -0.2) is 12.7 Å². The van der Waals surface area contributed by atoms with Gasteiger partial charge in [-0.15, -0.1) is 0 Å². The SMILES string of the molecule is Cc1ccccc1C(C)NC(=O)c1cccc(S(=O)(=O)N(C)C)c1. The molecule has 0 aromatic heterocycles. The van der Waals surface area contributed by atoms with Crippen LogP contribution in [0.1, 0.15) is 34.5 Å². The number of carbonyl (C=O) groups excluding carboxylic acids is 1. The molecule has 2 rings (SSSR count). The molecule has 24 heavy (non-hydrogen) atoms. The molecule has 0 bridgehead atoms. The van der Waals surface area contributed by atoms with Crippen LogP contribution in [0.2, 0.25) is 0 Å². The lowest BCUT2D eigenvalue weighted by atomic mass is 10.0. The van der Waals surface area contributed by atoms with Gasteiger partial charge in [0.05, 0.1) is 10.9 Å². The third-order valence-corrected chi connectivity index (χ3v) is 5.69. The second kappa shape index (κ2) is 7.15. The molecule has 1 atom stereocenters. The zero-order valence-electron chi connectivity index (χ0n) is 14.3. The van der Waals surface area contributed by atoms with Crippen LogP contribution in [0.4, 0.5) is 0 Å². The van der Waals surface area contributed by atoms with E-state index >= 15 is 0 Å². The molecule has 1 N–H and O–H groups in total. The van der Waals surface area contributed by atoms with Gasteiger partial charge >= 0.3 is 0 Å². The van der Waals surface area contributed by atoms with E-state index in [1.165, 1.54) is 26.2 Å². The molecule has 5 nitrogen and oxygen atoms in total. The van der Waals surface area contributed by atoms with Gasteiger partial charge in [-0.05, 0) is 43.2 Å². The zero-order chi connectivity index (χ0) is 17.9. The fourth-order valence-corrected chi connectivity index (χ4v) is 3.39. The van der Waals surface area contributed by atoms with Gasteiger partial charge in [-0.1, -0.05) is 30.3 Å². The smallest absolute Gasteiger partial charge is 0.251 e. The van der Waals surface area contributed by atoms with Crippen LogP contribution in [0.15, 0.2) is 53.4 Å². The fraction of sp³-hybridized carbons (Fsp3) is 0.278. The van der Waals surface area contributed by atoms with Crippen LogP contribution in [-0.2, 0) is 10.0 Å². The maximum Gasteiger partial charge on any atom is 0.251 e. The summed E-state index contributed by atoms with van der Waals surface area (Å²) < 4.78 is 25.5. The third kappa shape index (κ3) is 3.83. The van der Waals surface area contributed by atoms with Crippen molar-refractivity contribution in [3.05, 3.63) is 65.2 Å². The molecule has 0 heterocycles. The molecule has 2 aromatic rings. The van der Waals surface area contributed by atoms with E-state index in [0.717, 1.165) is 15.4 Å². The first-order valence-electron chi connectivity index (χ1n) is 7.62. The van der Waals surface area contributed by atoms with E-state index in [9.17, 15) is 13.2 Å². The second-order valence-electron chi connectivity index (χ2n) is 5.87. The van der Waals surface area contributed by atoms with Crippen molar-refractivity contribution in [2.45, 2.75) is 24.8 Å².